The molecule has 5 rings (SSSR count). The zero-order valence-corrected chi connectivity index (χ0v) is 17.7. The first-order valence-corrected chi connectivity index (χ1v) is 11.4. The van der Waals surface area contributed by atoms with Gasteiger partial charge in [0.15, 0.2) is 11.9 Å². The number of hydrogen-bond acceptors (Lipinski definition) is 4. The van der Waals surface area contributed by atoms with E-state index >= 15 is 0 Å². The summed E-state index contributed by atoms with van der Waals surface area (Å²) in [6.07, 6.45) is 4.81. The van der Waals surface area contributed by atoms with Crippen LogP contribution in [-0.4, -0.2) is 24.4 Å². The summed E-state index contributed by atoms with van der Waals surface area (Å²) in [5.74, 6) is 2.56. The fourth-order valence-electron chi connectivity index (χ4n) is 3.88. The van der Waals surface area contributed by atoms with Crippen LogP contribution < -0.4 is 10.1 Å². The Morgan fingerprint density at radius 3 is 2.53 bits per heavy atom. The number of amides is 1. The average Bonchev–Trinajstić information content (AvgIpc) is 3.11. The lowest BCUT2D eigenvalue weighted by molar-refractivity contribution is -0.116. The van der Waals surface area contributed by atoms with E-state index in [1.165, 1.54) is 3.97 Å². The maximum Gasteiger partial charge on any atom is 0.268 e. The molecule has 1 N–H and O–H groups in total. The summed E-state index contributed by atoms with van der Waals surface area (Å²) in [7, 11) is -3.93. The Balaban J connectivity index is 1.82. The molecule has 0 fully saturated rings. The van der Waals surface area contributed by atoms with Gasteiger partial charge in [-0.25, -0.2) is 12.4 Å². The smallest absolute Gasteiger partial charge is 0.268 e. The number of aromatic nitrogens is 1. The van der Waals surface area contributed by atoms with Gasteiger partial charge in [-0.1, -0.05) is 48.4 Å². The molecule has 158 valence electrons. The Labute approximate surface area is 185 Å². The van der Waals surface area contributed by atoms with Gasteiger partial charge in [0.25, 0.3) is 10.0 Å². The molecule has 1 aliphatic heterocycles. The summed E-state index contributed by atoms with van der Waals surface area (Å²) in [4.78, 5) is 12.4. The molecule has 0 aliphatic carbocycles. The number of anilines is 1. The zero-order chi connectivity index (χ0) is 22.3. The molecule has 0 bridgehead atoms. The maximum absolute atomic E-state index is 13.7. The quantitative estimate of drug-likeness (QED) is 0.481. The minimum absolute atomic E-state index is 0.00984. The molecule has 32 heavy (non-hydrogen) atoms. The van der Waals surface area contributed by atoms with Crippen molar-refractivity contribution in [1.82, 2.24) is 3.97 Å². The molecule has 0 radical (unpaired) electrons. The van der Waals surface area contributed by atoms with E-state index in [9.17, 15) is 13.2 Å². The first-order chi connectivity index (χ1) is 15.5. The second kappa shape index (κ2) is 7.59. The number of para-hydroxylation sites is 2. The van der Waals surface area contributed by atoms with Gasteiger partial charge >= 0.3 is 0 Å². The van der Waals surface area contributed by atoms with Crippen LogP contribution in [0.4, 0.5) is 5.69 Å². The molecule has 1 amide bonds. The SMILES string of the molecule is C#C[C@@H]1CC(=O)Nc2cccc(-c3cc4ccccc4n3S(=O)(=O)c3ccccc3)c2O1. The van der Waals surface area contributed by atoms with Gasteiger partial charge in [-0.05, 0) is 36.4 Å². The van der Waals surface area contributed by atoms with Crippen molar-refractivity contribution in [2.45, 2.75) is 17.4 Å². The highest BCUT2D eigenvalue weighted by Gasteiger charge is 2.28. The summed E-state index contributed by atoms with van der Waals surface area (Å²) >= 11 is 0. The standard InChI is InChI=1S/C25H18N2O4S/c1-2-18-16-24(28)26-21-13-8-12-20(25(21)31-18)23-15-17-9-6-7-14-22(17)27(23)32(29,30)19-10-4-3-5-11-19/h1,3-15,18H,16H2,(H,26,28)/t18-/m1/s1. The van der Waals surface area contributed by atoms with E-state index in [1.54, 1.807) is 66.7 Å². The average molecular weight is 442 g/mol. The Kier molecular flexibility index (Phi) is 4.72. The molecule has 0 spiro atoms. The van der Waals surface area contributed by atoms with Crippen LogP contribution in [0.3, 0.4) is 0 Å². The first-order valence-electron chi connectivity index (χ1n) is 9.96. The number of fused-ring (bicyclic) bond motifs is 2. The third-order valence-corrected chi connectivity index (χ3v) is 7.07. The van der Waals surface area contributed by atoms with Crippen molar-refractivity contribution >= 4 is 32.5 Å². The molecule has 0 unspecified atom stereocenters. The molecule has 4 aromatic rings. The molecule has 0 saturated carbocycles. The summed E-state index contributed by atoms with van der Waals surface area (Å²) < 4.78 is 34.8. The molecule has 1 atom stereocenters. The van der Waals surface area contributed by atoms with E-state index in [0.717, 1.165) is 5.39 Å². The van der Waals surface area contributed by atoms with Crippen molar-refractivity contribution in [2.75, 3.05) is 5.32 Å². The summed E-state index contributed by atoms with van der Waals surface area (Å²) in [5, 5.41) is 3.56. The highest BCUT2D eigenvalue weighted by Crippen LogP contribution is 2.42. The van der Waals surface area contributed by atoms with E-state index < -0.39 is 16.1 Å². The predicted octanol–water partition coefficient (Wildman–Crippen LogP) is 4.27. The van der Waals surface area contributed by atoms with Crippen molar-refractivity contribution in [1.29, 1.82) is 0 Å². The number of terminal acetylenes is 1. The first kappa shape index (κ1) is 19.9. The Morgan fingerprint density at radius 1 is 1.00 bits per heavy atom. The third-order valence-electron chi connectivity index (χ3n) is 5.33. The fraction of sp³-hybridized carbons (Fsp3) is 0.0800. The fourth-order valence-corrected chi connectivity index (χ4v) is 5.43. The molecule has 0 saturated heterocycles. The van der Waals surface area contributed by atoms with Crippen LogP contribution in [-0.2, 0) is 14.8 Å². The minimum atomic E-state index is -3.93. The van der Waals surface area contributed by atoms with Crippen molar-refractivity contribution < 1.29 is 17.9 Å². The zero-order valence-electron chi connectivity index (χ0n) is 16.9. The number of rotatable bonds is 3. The summed E-state index contributed by atoms with van der Waals surface area (Å²) in [6, 6.07) is 22.5. The van der Waals surface area contributed by atoms with Crippen LogP contribution in [0.5, 0.6) is 5.75 Å². The number of carbonyl (C=O) groups excluding carboxylic acids is 1. The number of hydrogen-bond donors (Lipinski definition) is 1. The van der Waals surface area contributed by atoms with Crippen molar-refractivity contribution in [3.63, 3.8) is 0 Å². The highest BCUT2D eigenvalue weighted by atomic mass is 32.2. The van der Waals surface area contributed by atoms with Crippen LogP contribution in [0.1, 0.15) is 6.42 Å². The van der Waals surface area contributed by atoms with Gasteiger partial charge in [0.1, 0.15) is 0 Å². The van der Waals surface area contributed by atoms with Gasteiger partial charge in [0.05, 0.1) is 28.2 Å². The van der Waals surface area contributed by atoms with Crippen molar-refractivity contribution in [2.24, 2.45) is 0 Å². The number of carbonyl (C=O) groups is 1. The lowest BCUT2D eigenvalue weighted by Crippen LogP contribution is -2.19. The van der Waals surface area contributed by atoms with Crippen LogP contribution in [0.15, 0.2) is 83.8 Å². The molecular formula is C25H18N2O4S. The molecule has 1 aromatic heterocycles. The predicted molar refractivity (Wildman–Crippen MR) is 123 cm³/mol. The number of nitrogens with one attached hydrogen (secondary N) is 1. The van der Waals surface area contributed by atoms with Gasteiger partial charge in [-0.3, -0.25) is 4.79 Å². The summed E-state index contributed by atoms with van der Waals surface area (Å²) in [5.41, 5.74) is 1.91. The number of benzene rings is 3. The monoisotopic (exact) mass is 442 g/mol. The Bertz CT molecular complexity index is 1500. The van der Waals surface area contributed by atoms with Crippen LogP contribution in [0.2, 0.25) is 0 Å². The number of ether oxygens (including phenoxy) is 1. The molecule has 7 heteroatoms. The maximum atomic E-state index is 13.7. The van der Waals surface area contributed by atoms with E-state index in [0.29, 0.717) is 28.2 Å². The van der Waals surface area contributed by atoms with E-state index in [4.69, 9.17) is 11.2 Å². The van der Waals surface area contributed by atoms with Gasteiger partial charge in [0.2, 0.25) is 5.91 Å². The van der Waals surface area contributed by atoms with Gasteiger partial charge in [-0.15, -0.1) is 6.42 Å². The second-order valence-electron chi connectivity index (χ2n) is 7.38. The molecule has 2 heterocycles. The van der Waals surface area contributed by atoms with Crippen molar-refractivity contribution in [3.05, 3.63) is 78.9 Å². The normalized spacial score (nSPS) is 15.8. The largest absolute Gasteiger partial charge is 0.474 e. The topological polar surface area (TPSA) is 77.4 Å². The lowest BCUT2D eigenvalue weighted by Gasteiger charge is -2.17. The molecular weight excluding hydrogens is 424 g/mol. The van der Waals surface area contributed by atoms with E-state index in [-0.39, 0.29) is 17.2 Å². The summed E-state index contributed by atoms with van der Waals surface area (Å²) in [6.45, 7) is 0. The van der Waals surface area contributed by atoms with Gasteiger partial charge in [-0.2, -0.15) is 0 Å². The third kappa shape index (κ3) is 3.22. The van der Waals surface area contributed by atoms with Crippen molar-refractivity contribution in [3.8, 4) is 29.4 Å². The molecule has 6 nitrogen and oxygen atoms in total. The van der Waals surface area contributed by atoms with Gasteiger partial charge < -0.3 is 10.1 Å². The second-order valence-corrected chi connectivity index (χ2v) is 9.17. The Hall–Kier alpha value is -4.02. The molecule has 1 aliphatic rings. The molecule has 3 aromatic carbocycles. The highest BCUT2D eigenvalue weighted by molar-refractivity contribution is 7.90. The Morgan fingerprint density at radius 2 is 1.75 bits per heavy atom. The lowest BCUT2D eigenvalue weighted by atomic mass is 10.1. The van der Waals surface area contributed by atoms with Crippen LogP contribution in [0, 0.1) is 12.3 Å². The van der Waals surface area contributed by atoms with E-state index in [1.807, 2.05) is 12.1 Å². The van der Waals surface area contributed by atoms with Gasteiger partial charge in [0, 0.05) is 10.9 Å². The van der Waals surface area contributed by atoms with E-state index in [2.05, 4.69) is 11.2 Å². The number of nitrogens with zero attached hydrogens (tertiary/aromatic N) is 1. The van der Waals surface area contributed by atoms with Crippen LogP contribution in [0.25, 0.3) is 22.2 Å². The van der Waals surface area contributed by atoms with Crippen LogP contribution >= 0.6 is 0 Å². The minimum Gasteiger partial charge on any atom is -0.474 e.